The third kappa shape index (κ3) is 2.76. The second-order valence-corrected chi connectivity index (χ2v) is 5.08. The summed E-state index contributed by atoms with van der Waals surface area (Å²) in [6, 6.07) is 11.5. The van der Waals surface area contributed by atoms with Crippen LogP contribution in [0.3, 0.4) is 0 Å². The maximum Gasteiger partial charge on any atom is 0.233 e. The molecule has 4 nitrogen and oxygen atoms in total. The highest BCUT2D eigenvalue weighted by molar-refractivity contribution is 5.73. The van der Waals surface area contributed by atoms with Gasteiger partial charge < -0.3 is 14.3 Å². The zero-order valence-corrected chi connectivity index (χ0v) is 12.1. The molecule has 0 saturated heterocycles. The van der Waals surface area contributed by atoms with Crippen LogP contribution in [0.1, 0.15) is 22.6 Å². The molecular formula is C17H17NO3. The second kappa shape index (κ2) is 5.58. The first-order valence-corrected chi connectivity index (χ1v) is 6.85. The van der Waals surface area contributed by atoms with E-state index in [0.29, 0.717) is 11.5 Å². The van der Waals surface area contributed by atoms with Gasteiger partial charge in [0, 0.05) is 0 Å². The Hall–Kier alpha value is -2.33. The predicted molar refractivity (Wildman–Crippen MR) is 80.2 cm³/mol. The number of hydrogen-bond acceptors (Lipinski definition) is 4. The number of aryl methyl sites for hydroxylation is 2. The molecular weight excluding hydrogens is 266 g/mol. The molecule has 3 rings (SSSR count). The minimum absolute atomic E-state index is 0.00905. The van der Waals surface area contributed by atoms with Crippen LogP contribution in [0.15, 0.2) is 40.8 Å². The van der Waals surface area contributed by atoms with Crippen LogP contribution in [0, 0.1) is 13.8 Å². The van der Waals surface area contributed by atoms with Gasteiger partial charge >= 0.3 is 0 Å². The number of aliphatic hydroxyl groups is 1. The van der Waals surface area contributed by atoms with Crippen molar-refractivity contribution < 1.29 is 14.3 Å². The van der Waals surface area contributed by atoms with Crippen LogP contribution in [0.25, 0.3) is 11.1 Å². The van der Waals surface area contributed by atoms with Gasteiger partial charge in [-0.05, 0) is 42.7 Å². The van der Waals surface area contributed by atoms with Crippen molar-refractivity contribution in [1.82, 2.24) is 4.98 Å². The lowest BCUT2D eigenvalue weighted by molar-refractivity contribution is 0.264. The van der Waals surface area contributed by atoms with E-state index in [9.17, 15) is 0 Å². The largest absolute Gasteiger partial charge is 0.483 e. The zero-order valence-electron chi connectivity index (χ0n) is 12.1. The Morgan fingerprint density at radius 1 is 1.14 bits per heavy atom. The maximum atomic E-state index is 9.13. The minimum atomic E-state index is -0.00905. The zero-order chi connectivity index (χ0) is 14.8. The molecule has 0 aliphatic carbocycles. The van der Waals surface area contributed by atoms with Gasteiger partial charge in [0.05, 0.1) is 6.61 Å². The van der Waals surface area contributed by atoms with Gasteiger partial charge in [-0.3, -0.25) is 0 Å². The molecule has 0 unspecified atom stereocenters. The fourth-order valence-electron chi connectivity index (χ4n) is 2.34. The lowest BCUT2D eigenvalue weighted by Crippen LogP contribution is -1.98. The van der Waals surface area contributed by atoms with Crippen molar-refractivity contribution in [2.75, 3.05) is 0 Å². The summed E-state index contributed by atoms with van der Waals surface area (Å²) in [5.74, 6) is 1.40. The molecule has 3 aromatic rings. The highest BCUT2D eigenvalue weighted by Crippen LogP contribution is 2.24. The summed E-state index contributed by atoms with van der Waals surface area (Å²) < 4.78 is 11.5. The van der Waals surface area contributed by atoms with Gasteiger partial charge in [-0.25, -0.2) is 4.98 Å². The Morgan fingerprint density at radius 2 is 1.90 bits per heavy atom. The van der Waals surface area contributed by atoms with Crippen molar-refractivity contribution in [2.24, 2.45) is 0 Å². The number of para-hydroxylation sites is 1. The standard InChI is InChI=1S/C17H17NO3/c1-11-4-3-5-12(2)17(11)20-10-16-18-14-7-6-13(9-19)8-15(14)21-16/h3-8,19H,9-10H2,1-2H3. The Labute approximate surface area is 123 Å². The van der Waals surface area contributed by atoms with Crippen molar-refractivity contribution in [3.05, 3.63) is 59.0 Å². The van der Waals surface area contributed by atoms with E-state index in [1.54, 1.807) is 6.07 Å². The van der Waals surface area contributed by atoms with Crippen molar-refractivity contribution in [2.45, 2.75) is 27.1 Å². The Bertz CT molecular complexity index is 757. The van der Waals surface area contributed by atoms with Crippen molar-refractivity contribution in [3.8, 4) is 5.75 Å². The third-order valence-corrected chi connectivity index (χ3v) is 3.43. The Kier molecular flexibility index (Phi) is 3.62. The average Bonchev–Trinajstić information content (AvgIpc) is 2.88. The SMILES string of the molecule is Cc1cccc(C)c1OCc1nc2ccc(CO)cc2o1. The summed E-state index contributed by atoms with van der Waals surface area (Å²) in [7, 11) is 0. The smallest absolute Gasteiger partial charge is 0.233 e. The number of ether oxygens (including phenoxy) is 1. The van der Waals surface area contributed by atoms with Crippen LogP contribution in [-0.4, -0.2) is 10.1 Å². The fourth-order valence-corrected chi connectivity index (χ4v) is 2.34. The van der Waals surface area contributed by atoms with E-state index in [1.165, 1.54) is 0 Å². The number of benzene rings is 2. The van der Waals surface area contributed by atoms with Gasteiger partial charge in [0.1, 0.15) is 11.3 Å². The van der Waals surface area contributed by atoms with E-state index < -0.39 is 0 Å². The van der Waals surface area contributed by atoms with Gasteiger partial charge in [-0.1, -0.05) is 24.3 Å². The van der Waals surface area contributed by atoms with Gasteiger partial charge in [0.15, 0.2) is 12.2 Å². The Balaban J connectivity index is 1.82. The molecule has 1 heterocycles. The molecule has 0 saturated carbocycles. The van der Waals surface area contributed by atoms with E-state index in [4.69, 9.17) is 14.3 Å². The van der Waals surface area contributed by atoms with E-state index in [0.717, 1.165) is 28.0 Å². The number of hydrogen-bond donors (Lipinski definition) is 1. The first kappa shape index (κ1) is 13.6. The number of rotatable bonds is 4. The summed E-state index contributed by atoms with van der Waals surface area (Å²) in [5, 5.41) is 9.13. The molecule has 0 bridgehead atoms. The minimum Gasteiger partial charge on any atom is -0.483 e. The quantitative estimate of drug-likeness (QED) is 0.796. The molecule has 2 aromatic carbocycles. The number of aromatic nitrogens is 1. The first-order chi connectivity index (χ1) is 10.2. The van der Waals surface area contributed by atoms with E-state index >= 15 is 0 Å². The van der Waals surface area contributed by atoms with E-state index in [-0.39, 0.29) is 13.2 Å². The van der Waals surface area contributed by atoms with E-state index in [1.807, 2.05) is 44.2 Å². The summed E-state index contributed by atoms with van der Waals surface area (Å²) in [4.78, 5) is 4.39. The highest BCUT2D eigenvalue weighted by Gasteiger charge is 2.09. The van der Waals surface area contributed by atoms with E-state index in [2.05, 4.69) is 4.98 Å². The molecule has 4 heteroatoms. The van der Waals surface area contributed by atoms with Crippen LogP contribution < -0.4 is 4.74 Å². The summed E-state index contributed by atoms with van der Waals surface area (Å²) in [6.07, 6.45) is 0. The molecule has 0 aliphatic rings. The third-order valence-electron chi connectivity index (χ3n) is 3.43. The first-order valence-electron chi connectivity index (χ1n) is 6.85. The highest BCUT2D eigenvalue weighted by atomic mass is 16.5. The molecule has 21 heavy (non-hydrogen) atoms. The molecule has 0 aliphatic heterocycles. The molecule has 0 spiro atoms. The topological polar surface area (TPSA) is 55.5 Å². The summed E-state index contributed by atoms with van der Waals surface area (Å²) in [5.41, 5.74) is 4.43. The second-order valence-electron chi connectivity index (χ2n) is 5.08. The van der Waals surface area contributed by atoms with Crippen LogP contribution in [0.4, 0.5) is 0 Å². The van der Waals surface area contributed by atoms with Gasteiger partial charge in [-0.15, -0.1) is 0 Å². The molecule has 1 aromatic heterocycles. The molecule has 0 atom stereocenters. The van der Waals surface area contributed by atoms with Crippen molar-refractivity contribution in [3.63, 3.8) is 0 Å². The van der Waals surface area contributed by atoms with Gasteiger partial charge in [0.2, 0.25) is 5.89 Å². The molecule has 108 valence electrons. The predicted octanol–water partition coefficient (Wildman–Crippen LogP) is 3.52. The van der Waals surface area contributed by atoms with Crippen LogP contribution in [0.2, 0.25) is 0 Å². The maximum absolute atomic E-state index is 9.13. The molecule has 0 fully saturated rings. The molecule has 0 radical (unpaired) electrons. The number of fused-ring (bicyclic) bond motifs is 1. The summed E-state index contributed by atoms with van der Waals surface area (Å²) in [6.45, 7) is 4.31. The normalized spacial score (nSPS) is 11.0. The van der Waals surface area contributed by atoms with Crippen LogP contribution >= 0.6 is 0 Å². The number of aliphatic hydroxyl groups excluding tert-OH is 1. The monoisotopic (exact) mass is 283 g/mol. The average molecular weight is 283 g/mol. The summed E-state index contributed by atoms with van der Waals surface area (Å²) >= 11 is 0. The molecule has 1 N–H and O–H groups in total. The van der Waals surface area contributed by atoms with Gasteiger partial charge in [-0.2, -0.15) is 0 Å². The van der Waals surface area contributed by atoms with Gasteiger partial charge in [0.25, 0.3) is 0 Å². The van der Waals surface area contributed by atoms with Crippen molar-refractivity contribution in [1.29, 1.82) is 0 Å². The van der Waals surface area contributed by atoms with Crippen molar-refractivity contribution >= 4 is 11.1 Å². The fraction of sp³-hybridized carbons (Fsp3) is 0.235. The number of oxazole rings is 1. The Morgan fingerprint density at radius 3 is 2.62 bits per heavy atom. The van der Waals surface area contributed by atoms with Crippen LogP contribution in [0.5, 0.6) is 5.75 Å². The number of nitrogens with zero attached hydrogens (tertiary/aromatic N) is 1. The lowest BCUT2D eigenvalue weighted by atomic mass is 10.1. The molecule has 0 amide bonds. The lowest BCUT2D eigenvalue weighted by Gasteiger charge is -2.09. The van der Waals surface area contributed by atoms with Crippen LogP contribution in [-0.2, 0) is 13.2 Å².